The van der Waals surface area contributed by atoms with Crippen LogP contribution in [0.15, 0.2) is 24.3 Å². The molecule has 0 unspecified atom stereocenters. The van der Waals surface area contributed by atoms with E-state index in [-0.39, 0.29) is 18.3 Å². The highest BCUT2D eigenvalue weighted by Gasteiger charge is 2.50. The Morgan fingerprint density at radius 2 is 1.95 bits per heavy atom. The molecule has 2 aliphatic heterocycles. The van der Waals surface area contributed by atoms with Gasteiger partial charge in [-0.15, -0.1) is 11.8 Å². The van der Waals surface area contributed by atoms with Crippen molar-refractivity contribution < 1.29 is 24.9 Å². The molecule has 2 aliphatic rings. The van der Waals surface area contributed by atoms with Gasteiger partial charge in [0.05, 0.1) is 12.4 Å². The summed E-state index contributed by atoms with van der Waals surface area (Å²) in [5, 5.41) is 29.3. The van der Waals surface area contributed by atoms with Crippen molar-refractivity contribution in [1.82, 2.24) is 0 Å². The van der Waals surface area contributed by atoms with Gasteiger partial charge in [-0.2, -0.15) is 0 Å². The van der Waals surface area contributed by atoms with E-state index in [9.17, 15) is 20.1 Å². The van der Waals surface area contributed by atoms with Gasteiger partial charge in [-0.3, -0.25) is 9.69 Å². The van der Waals surface area contributed by atoms with Gasteiger partial charge in [0.1, 0.15) is 29.8 Å². The van der Waals surface area contributed by atoms with Gasteiger partial charge in [0.2, 0.25) is 5.91 Å². The van der Waals surface area contributed by atoms with Crippen molar-refractivity contribution in [3.8, 4) is 0 Å². The average Bonchev–Trinajstić information content (AvgIpc) is 3.02. The minimum Gasteiger partial charge on any atom is -0.394 e. The van der Waals surface area contributed by atoms with E-state index in [1.165, 1.54) is 11.8 Å². The maximum absolute atomic E-state index is 12.2. The number of ether oxygens (including phenoxy) is 1. The van der Waals surface area contributed by atoms with Gasteiger partial charge < -0.3 is 20.1 Å². The molecule has 2 heterocycles. The number of carbonyl (C=O) groups is 1. The van der Waals surface area contributed by atoms with E-state index in [2.05, 4.69) is 0 Å². The predicted molar refractivity (Wildman–Crippen MR) is 82.9 cm³/mol. The minimum absolute atomic E-state index is 0.102. The molecule has 3 rings (SSSR count). The fraction of sp³-hybridized carbons (Fsp3) is 0.500. The van der Waals surface area contributed by atoms with E-state index >= 15 is 0 Å². The summed E-state index contributed by atoms with van der Waals surface area (Å²) in [4.78, 5) is 13.7. The summed E-state index contributed by atoms with van der Waals surface area (Å²) in [5.74, 6) is 0.162. The summed E-state index contributed by atoms with van der Waals surface area (Å²) < 4.78 is 5.55. The second-order valence-corrected chi connectivity index (χ2v) is 6.79. The number of aliphatic hydroxyl groups excluding tert-OH is 3. The third-order valence-electron chi connectivity index (χ3n) is 3.87. The summed E-state index contributed by atoms with van der Waals surface area (Å²) in [5.41, 5.74) is 0.655. The van der Waals surface area contributed by atoms with Gasteiger partial charge in [0.25, 0.3) is 0 Å². The number of hydrogen-bond acceptors (Lipinski definition) is 6. The van der Waals surface area contributed by atoms with Crippen LogP contribution in [0.5, 0.6) is 0 Å². The van der Waals surface area contributed by atoms with E-state index in [1.807, 2.05) is 0 Å². The van der Waals surface area contributed by atoms with Crippen molar-refractivity contribution >= 4 is 35.0 Å². The minimum atomic E-state index is -1.17. The first-order valence-corrected chi connectivity index (χ1v) is 8.27. The highest BCUT2D eigenvalue weighted by Crippen LogP contribution is 2.38. The van der Waals surface area contributed by atoms with E-state index in [0.717, 1.165) is 0 Å². The van der Waals surface area contributed by atoms with Crippen LogP contribution in [-0.2, 0) is 9.53 Å². The molecule has 0 spiro atoms. The number of halogens is 1. The van der Waals surface area contributed by atoms with E-state index in [4.69, 9.17) is 16.3 Å². The smallest absolute Gasteiger partial charge is 0.238 e. The molecule has 0 aromatic heterocycles. The first-order chi connectivity index (χ1) is 10.5. The second kappa shape index (κ2) is 6.35. The van der Waals surface area contributed by atoms with Crippen LogP contribution in [0.25, 0.3) is 0 Å². The summed E-state index contributed by atoms with van der Waals surface area (Å²) in [6, 6.07) is 6.81. The van der Waals surface area contributed by atoms with Gasteiger partial charge in [-0.05, 0) is 24.3 Å². The van der Waals surface area contributed by atoms with Crippen LogP contribution >= 0.6 is 23.4 Å². The molecule has 120 valence electrons. The standard InChI is InChI=1S/C14H16ClNO5S/c15-7-1-3-8(4-2-7)16-10(18)6-22-14(16)13-12(20)11(19)9(5-17)21-13/h1-4,9,11-14,17,19-20H,5-6H2/t9-,11-,12+,13+,14+/m1/s1. The Labute approximate surface area is 136 Å². The van der Waals surface area contributed by atoms with Crippen LogP contribution in [0.1, 0.15) is 0 Å². The summed E-state index contributed by atoms with van der Waals surface area (Å²) in [6.07, 6.45) is -3.93. The molecule has 2 saturated heterocycles. The molecule has 1 aromatic carbocycles. The van der Waals surface area contributed by atoms with Crippen LogP contribution in [-0.4, -0.2) is 63.4 Å². The summed E-state index contributed by atoms with van der Waals surface area (Å²) >= 11 is 7.20. The number of rotatable bonds is 3. The molecule has 8 heteroatoms. The molecule has 2 fully saturated rings. The highest BCUT2D eigenvalue weighted by molar-refractivity contribution is 8.01. The predicted octanol–water partition coefficient (Wildman–Crippen LogP) is 0.227. The Hall–Kier alpha value is -0.830. The van der Waals surface area contributed by atoms with Crippen LogP contribution in [0.2, 0.25) is 5.02 Å². The number of hydrogen-bond donors (Lipinski definition) is 3. The Kier molecular flexibility index (Phi) is 4.63. The fourth-order valence-corrected chi connectivity index (χ4v) is 4.12. The average molecular weight is 346 g/mol. The number of anilines is 1. The first-order valence-electron chi connectivity index (χ1n) is 6.84. The van der Waals surface area contributed by atoms with Crippen molar-refractivity contribution in [2.24, 2.45) is 0 Å². The number of thioether (sulfide) groups is 1. The topological polar surface area (TPSA) is 90.2 Å². The second-order valence-electron chi connectivity index (χ2n) is 5.24. The first kappa shape index (κ1) is 16.0. The number of aliphatic hydroxyl groups is 3. The number of amides is 1. The molecule has 0 radical (unpaired) electrons. The Morgan fingerprint density at radius 1 is 1.27 bits per heavy atom. The molecule has 3 N–H and O–H groups in total. The number of nitrogens with zero attached hydrogens (tertiary/aromatic N) is 1. The lowest BCUT2D eigenvalue weighted by atomic mass is 10.1. The van der Waals surface area contributed by atoms with Gasteiger partial charge in [0, 0.05) is 10.7 Å². The normalized spacial score (nSPS) is 35.4. The quantitative estimate of drug-likeness (QED) is 0.726. The molecule has 22 heavy (non-hydrogen) atoms. The largest absolute Gasteiger partial charge is 0.394 e. The third kappa shape index (κ3) is 2.73. The van der Waals surface area contributed by atoms with Crippen LogP contribution in [0.4, 0.5) is 5.69 Å². The Morgan fingerprint density at radius 3 is 2.55 bits per heavy atom. The van der Waals surface area contributed by atoms with Crippen LogP contribution in [0.3, 0.4) is 0 Å². The molecular formula is C14H16ClNO5S. The van der Waals surface area contributed by atoms with Crippen molar-refractivity contribution in [3.05, 3.63) is 29.3 Å². The van der Waals surface area contributed by atoms with Gasteiger partial charge in [0.15, 0.2) is 0 Å². The van der Waals surface area contributed by atoms with Crippen molar-refractivity contribution in [2.75, 3.05) is 17.3 Å². The number of benzene rings is 1. The molecular weight excluding hydrogens is 330 g/mol. The monoisotopic (exact) mass is 345 g/mol. The zero-order chi connectivity index (χ0) is 15.9. The lowest BCUT2D eigenvalue weighted by Crippen LogP contribution is -2.46. The van der Waals surface area contributed by atoms with Gasteiger partial charge in [-0.25, -0.2) is 0 Å². The lowest BCUT2D eigenvalue weighted by Gasteiger charge is -2.29. The molecule has 1 amide bonds. The maximum Gasteiger partial charge on any atom is 0.238 e. The van der Waals surface area contributed by atoms with Gasteiger partial charge in [-0.1, -0.05) is 11.6 Å². The van der Waals surface area contributed by atoms with E-state index in [0.29, 0.717) is 10.7 Å². The zero-order valence-corrected chi connectivity index (χ0v) is 13.1. The zero-order valence-electron chi connectivity index (χ0n) is 11.5. The highest BCUT2D eigenvalue weighted by atomic mass is 35.5. The van der Waals surface area contributed by atoms with Crippen molar-refractivity contribution in [2.45, 2.75) is 29.8 Å². The van der Waals surface area contributed by atoms with Crippen LogP contribution in [0, 0.1) is 0 Å². The summed E-state index contributed by atoms with van der Waals surface area (Å²) in [7, 11) is 0. The van der Waals surface area contributed by atoms with Crippen molar-refractivity contribution in [3.63, 3.8) is 0 Å². The molecule has 1 aromatic rings. The Balaban J connectivity index is 1.86. The van der Waals surface area contributed by atoms with E-state index in [1.54, 1.807) is 29.2 Å². The van der Waals surface area contributed by atoms with Crippen molar-refractivity contribution in [1.29, 1.82) is 0 Å². The lowest BCUT2D eigenvalue weighted by molar-refractivity contribution is -0.116. The third-order valence-corrected chi connectivity index (χ3v) is 5.35. The molecule has 0 saturated carbocycles. The van der Waals surface area contributed by atoms with Crippen LogP contribution < -0.4 is 4.90 Å². The molecule has 0 aliphatic carbocycles. The Bertz CT molecular complexity index is 557. The molecule has 5 atom stereocenters. The SMILES string of the molecule is O=C1CS[C@@H]([C@H]2O[C@H](CO)[C@@H](O)[C@@H]2O)N1c1ccc(Cl)cc1. The summed E-state index contributed by atoms with van der Waals surface area (Å²) in [6.45, 7) is -0.388. The molecule has 0 bridgehead atoms. The van der Waals surface area contributed by atoms with E-state index < -0.39 is 29.8 Å². The molecule has 6 nitrogen and oxygen atoms in total. The number of carbonyl (C=O) groups excluding carboxylic acids is 1. The maximum atomic E-state index is 12.2. The fourth-order valence-electron chi connectivity index (χ4n) is 2.74. The van der Waals surface area contributed by atoms with Gasteiger partial charge >= 0.3 is 0 Å².